The highest BCUT2D eigenvalue weighted by atomic mass is 127. The summed E-state index contributed by atoms with van der Waals surface area (Å²) in [6, 6.07) is 16.9. The molecule has 3 N–H and O–H groups in total. The molecule has 0 radical (unpaired) electrons. The third kappa shape index (κ3) is 7.11. The summed E-state index contributed by atoms with van der Waals surface area (Å²) < 4.78 is 5.25. The summed E-state index contributed by atoms with van der Waals surface area (Å²) in [6.07, 6.45) is 5.52. The van der Waals surface area contributed by atoms with Gasteiger partial charge in [0.2, 0.25) is 0 Å². The first kappa shape index (κ1) is 25.4. The zero-order valence-corrected chi connectivity index (χ0v) is 22.0. The first-order valence-corrected chi connectivity index (χ1v) is 11.6. The highest BCUT2D eigenvalue weighted by molar-refractivity contribution is 14.0. The fraction of sp³-hybridized carbons (Fsp3) is 0.423. The van der Waals surface area contributed by atoms with Crippen molar-refractivity contribution in [1.82, 2.24) is 20.5 Å². The van der Waals surface area contributed by atoms with Crippen molar-refractivity contribution in [3.63, 3.8) is 0 Å². The van der Waals surface area contributed by atoms with Gasteiger partial charge in [0.05, 0.1) is 7.11 Å². The third-order valence-electron chi connectivity index (χ3n) is 6.42. The summed E-state index contributed by atoms with van der Waals surface area (Å²) in [5.74, 6) is 2.50. The van der Waals surface area contributed by atoms with E-state index in [9.17, 15) is 0 Å². The van der Waals surface area contributed by atoms with Crippen LogP contribution in [0.25, 0.3) is 10.9 Å². The molecule has 2 heterocycles. The third-order valence-corrected chi connectivity index (χ3v) is 6.42. The molecule has 1 aliphatic heterocycles. The number of likely N-dealkylation sites (tertiary alicyclic amines) is 1. The maximum Gasteiger partial charge on any atom is 0.190 e. The number of aromatic nitrogens is 1. The van der Waals surface area contributed by atoms with Crippen LogP contribution in [0.4, 0.5) is 0 Å². The van der Waals surface area contributed by atoms with Crippen LogP contribution in [0, 0.1) is 5.92 Å². The molecule has 0 saturated carbocycles. The van der Waals surface area contributed by atoms with E-state index in [1.165, 1.54) is 34.9 Å². The van der Waals surface area contributed by atoms with E-state index in [0.717, 1.165) is 50.9 Å². The Morgan fingerprint density at radius 3 is 2.58 bits per heavy atom. The Kier molecular flexibility index (Phi) is 9.87. The molecule has 0 bridgehead atoms. The second-order valence-electron chi connectivity index (χ2n) is 8.56. The fourth-order valence-electron chi connectivity index (χ4n) is 4.45. The zero-order chi connectivity index (χ0) is 22.2. The zero-order valence-electron chi connectivity index (χ0n) is 19.6. The van der Waals surface area contributed by atoms with Gasteiger partial charge in [0, 0.05) is 43.8 Å². The molecule has 1 aromatic heterocycles. The summed E-state index contributed by atoms with van der Waals surface area (Å²) in [5, 5.41) is 8.30. The monoisotopic (exact) mass is 561 g/mol. The molecule has 0 aliphatic carbocycles. The number of nitrogens with zero attached hydrogens (tertiary/aromatic N) is 2. The highest BCUT2D eigenvalue weighted by Gasteiger charge is 2.19. The number of rotatable bonds is 8. The molecule has 6 nitrogen and oxygen atoms in total. The summed E-state index contributed by atoms with van der Waals surface area (Å²) in [7, 11) is 3.56. The number of aliphatic imine (C=N–C) groups is 1. The van der Waals surface area contributed by atoms with Crippen LogP contribution in [0.5, 0.6) is 5.75 Å². The van der Waals surface area contributed by atoms with Gasteiger partial charge in [-0.15, -0.1) is 24.0 Å². The second-order valence-corrected chi connectivity index (χ2v) is 8.56. The van der Waals surface area contributed by atoms with Crippen LogP contribution in [0.3, 0.4) is 0 Å². The molecule has 4 rings (SSSR count). The number of aromatic amines is 1. The van der Waals surface area contributed by atoms with Crippen molar-refractivity contribution in [2.75, 3.05) is 40.3 Å². The number of methoxy groups -OCH3 is 1. The maximum absolute atomic E-state index is 5.25. The lowest BCUT2D eigenvalue weighted by Crippen LogP contribution is -2.43. The smallest absolute Gasteiger partial charge is 0.190 e. The van der Waals surface area contributed by atoms with Crippen LogP contribution in [0.1, 0.15) is 24.0 Å². The number of H-pyrrole nitrogens is 1. The number of hydrogen-bond acceptors (Lipinski definition) is 3. The van der Waals surface area contributed by atoms with Crippen molar-refractivity contribution in [3.8, 4) is 5.75 Å². The van der Waals surface area contributed by atoms with Crippen molar-refractivity contribution in [2.24, 2.45) is 10.9 Å². The predicted octanol–water partition coefficient (Wildman–Crippen LogP) is 4.41. The Morgan fingerprint density at radius 2 is 1.85 bits per heavy atom. The summed E-state index contributed by atoms with van der Waals surface area (Å²) >= 11 is 0. The van der Waals surface area contributed by atoms with E-state index in [-0.39, 0.29) is 24.0 Å². The molecule has 1 fully saturated rings. The van der Waals surface area contributed by atoms with Gasteiger partial charge in [-0.2, -0.15) is 0 Å². The van der Waals surface area contributed by atoms with Crippen molar-refractivity contribution < 1.29 is 4.74 Å². The van der Waals surface area contributed by atoms with E-state index in [1.807, 2.05) is 19.2 Å². The minimum absolute atomic E-state index is 0. The first-order chi connectivity index (χ1) is 15.7. The van der Waals surface area contributed by atoms with Crippen LogP contribution in [-0.4, -0.2) is 56.2 Å². The molecule has 2 aromatic carbocycles. The van der Waals surface area contributed by atoms with Crippen molar-refractivity contribution in [2.45, 2.75) is 25.8 Å². The van der Waals surface area contributed by atoms with Crippen LogP contribution in [0.15, 0.2) is 59.7 Å². The van der Waals surface area contributed by atoms with Gasteiger partial charge in [0.15, 0.2) is 5.96 Å². The van der Waals surface area contributed by atoms with Gasteiger partial charge in [-0.3, -0.25) is 9.89 Å². The normalized spacial score (nSPS) is 15.3. The van der Waals surface area contributed by atoms with Gasteiger partial charge in [0.1, 0.15) is 5.75 Å². The molecule has 0 atom stereocenters. The van der Waals surface area contributed by atoms with Gasteiger partial charge in [-0.05, 0) is 67.6 Å². The van der Waals surface area contributed by atoms with Crippen molar-refractivity contribution in [1.29, 1.82) is 0 Å². The lowest BCUT2D eigenvalue weighted by atomic mass is 9.96. The van der Waals surface area contributed by atoms with E-state index in [1.54, 1.807) is 7.11 Å². The Morgan fingerprint density at radius 1 is 1.09 bits per heavy atom. The lowest BCUT2D eigenvalue weighted by molar-refractivity contribution is 0.178. The van der Waals surface area contributed by atoms with Gasteiger partial charge < -0.3 is 20.4 Å². The van der Waals surface area contributed by atoms with Gasteiger partial charge >= 0.3 is 0 Å². The number of nitrogens with one attached hydrogen (secondary N) is 3. The van der Waals surface area contributed by atoms with E-state index in [0.29, 0.717) is 5.92 Å². The molecule has 0 amide bonds. The van der Waals surface area contributed by atoms with Crippen LogP contribution >= 0.6 is 24.0 Å². The second kappa shape index (κ2) is 12.8. The molecule has 1 aliphatic rings. The standard InChI is InChI=1S/C26H35N5O.HI/c1-27-26(28-14-11-22-18-29-25-6-4-3-5-24(22)25)30-17-20-12-15-31(16-13-20)19-21-7-9-23(32-2)10-8-21;/h3-10,18,20,29H,11-17,19H2,1-2H3,(H2,27,28,30);1H. The van der Waals surface area contributed by atoms with Gasteiger partial charge in [-0.25, -0.2) is 0 Å². The Hall–Kier alpha value is -2.26. The summed E-state index contributed by atoms with van der Waals surface area (Å²) in [5.41, 5.74) is 3.89. The number of piperidine rings is 1. The average Bonchev–Trinajstić information content (AvgIpc) is 3.26. The van der Waals surface area contributed by atoms with Crippen molar-refractivity contribution in [3.05, 3.63) is 65.9 Å². The molecule has 0 unspecified atom stereocenters. The average molecular weight is 562 g/mol. The van der Waals surface area contributed by atoms with E-state index >= 15 is 0 Å². The summed E-state index contributed by atoms with van der Waals surface area (Å²) in [4.78, 5) is 10.3. The number of halogens is 1. The number of fused-ring (bicyclic) bond motifs is 1. The van der Waals surface area contributed by atoms with E-state index in [2.05, 4.69) is 68.1 Å². The maximum atomic E-state index is 5.25. The first-order valence-electron chi connectivity index (χ1n) is 11.6. The lowest BCUT2D eigenvalue weighted by Gasteiger charge is -2.32. The van der Waals surface area contributed by atoms with Crippen molar-refractivity contribution >= 4 is 40.8 Å². The molecule has 0 spiro atoms. The minimum atomic E-state index is 0. The number of benzene rings is 2. The molecular weight excluding hydrogens is 525 g/mol. The number of hydrogen-bond donors (Lipinski definition) is 3. The number of para-hydroxylation sites is 1. The quantitative estimate of drug-likeness (QED) is 0.217. The highest BCUT2D eigenvalue weighted by Crippen LogP contribution is 2.20. The molecule has 7 heteroatoms. The molecular formula is C26H36IN5O. The van der Waals surface area contributed by atoms with Crippen LogP contribution in [0.2, 0.25) is 0 Å². The minimum Gasteiger partial charge on any atom is -0.497 e. The molecule has 33 heavy (non-hydrogen) atoms. The van der Waals surface area contributed by atoms with E-state index < -0.39 is 0 Å². The van der Waals surface area contributed by atoms with E-state index in [4.69, 9.17) is 4.74 Å². The topological polar surface area (TPSA) is 64.7 Å². The SMILES string of the molecule is CN=C(NCCc1c[nH]c2ccccc12)NCC1CCN(Cc2ccc(OC)cc2)CC1.I. The Balaban J connectivity index is 0.00000306. The van der Waals surface area contributed by atoms with Gasteiger partial charge in [0.25, 0.3) is 0 Å². The van der Waals surface area contributed by atoms with Gasteiger partial charge in [-0.1, -0.05) is 30.3 Å². The molecule has 178 valence electrons. The number of ether oxygens (including phenoxy) is 1. The predicted molar refractivity (Wildman–Crippen MR) is 148 cm³/mol. The molecule has 1 saturated heterocycles. The molecule has 3 aromatic rings. The fourth-order valence-corrected chi connectivity index (χ4v) is 4.45. The van der Waals surface area contributed by atoms with Crippen LogP contribution in [-0.2, 0) is 13.0 Å². The Labute approximate surface area is 214 Å². The Bertz CT molecular complexity index is 1010. The number of guanidine groups is 1. The van der Waals surface area contributed by atoms with Crippen LogP contribution < -0.4 is 15.4 Å². The summed E-state index contributed by atoms with van der Waals surface area (Å²) in [6.45, 7) is 5.14. The largest absolute Gasteiger partial charge is 0.497 e.